The molecular weight excluding hydrogens is 172 g/mol. The maximum Gasteiger partial charge on any atom is 0.128 e. The van der Waals surface area contributed by atoms with E-state index in [4.69, 9.17) is 0 Å². The molecule has 2 rings (SSSR count). The van der Waals surface area contributed by atoms with E-state index >= 15 is 0 Å². The third-order valence-corrected chi connectivity index (χ3v) is 2.77. The minimum Gasteiger partial charge on any atom is -0.368 e. The highest BCUT2D eigenvalue weighted by Gasteiger charge is 2.11. The average molecular weight is 188 g/mol. The molecule has 0 saturated heterocycles. The summed E-state index contributed by atoms with van der Waals surface area (Å²) in [5.41, 5.74) is 5.25. The maximum absolute atomic E-state index is 4.44. The summed E-state index contributed by atoms with van der Waals surface area (Å²) < 4.78 is 0. The van der Waals surface area contributed by atoms with Gasteiger partial charge in [-0.3, -0.25) is 4.99 Å². The predicted molar refractivity (Wildman–Crippen MR) is 60.1 cm³/mol. The van der Waals surface area contributed by atoms with Gasteiger partial charge >= 0.3 is 0 Å². The van der Waals surface area contributed by atoms with E-state index in [1.807, 2.05) is 0 Å². The summed E-state index contributed by atoms with van der Waals surface area (Å²) in [6.45, 7) is 8.32. The molecule has 1 N–H and O–H groups in total. The minimum absolute atomic E-state index is 0.904. The monoisotopic (exact) mass is 188 g/mol. The molecule has 1 heterocycles. The van der Waals surface area contributed by atoms with Crippen molar-refractivity contribution in [2.24, 2.45) is 4.99 Å². The van der Waals surface area contributed by atoms with Gasteiger partial charge in [0.25, 0.3) is 0 Å². The fraction of sp³-hybridized carbons (Fsp3) is 0.417. The lowest BCUT2D eigenvalue weighted by Gasteiger charge is -2.09. The van der Waals surface area contributed by atoms with Crippen LogP contribution in [0.5, 0.6) is 0 Å². The SMILES string of the molecule is Cc1cc(C)c(C2=NCCN2)cc1C. The lowest BCUT2D eigenvalue weighted by molar-refractivity contribution is 0.959. The van der Waals surface area contributed by atoms with Crippen LogP contribution in [0.25, 0.3) is 0 Å². The first-order valence-corrected chi connectivity index (χ1v) is 5.05. The number of amidine groups is 1. The fourth-order valence-electron chi connectivity index (χ4n) is 1.79. The molecule has 0 atom stereocenters. The van der Waals surface area contributed by atoms with Crippen LogP contribution >= 0.6 is 0 Å². The van der Waals surface area contributed by atoms with Gasteiger partial charge in [0.05, 0.1) is 6.54 Å². The summed E-state index contributed by atoms with van der Waals surface area (Å²) in [5.74, 6) is 1.06. The zero-order valence-corrected chi connectivity index (χ0v) is 9.02. The first kappa shape index (κ1) is 9.25. The van der Waals surface area contributed by atoms with Gasteiger partial charge in [0.15, 0.2) is 0 Å². The molecule has 2 heteroatoms. The molecular formula is C12H16N2. The molecule has 0 radical (unpaired) electrons. The van der Waals surface area contributed by atoms with Crippen molar-refractivity contribution in [2.75, 3.05) is 13.1 Å². The third kappa shape index (κ3) is 1.52. The summed E-state index contributed by atoms with van der Waals surface area (Å²) in [6.07, 6.45) is 0. The zero-order chi connectivity index (χ0) is 10.1. The number of nitrogens with zero attached hydrogens (tertiary/aromatic N) is 1. The van der Waals surface area contributed by atoms with Gasteiger partial charge in [-0.2, -0.15) is 0 Å². The van der Waals surface area contributed by atoms with Crippen molar-refractivity contribution in [1.29, 1.82) is 0 Å². The molecule has 0 unspecified atom stereocenters. The van der Waals surface area contributed by atoms with E-state index in [9.17, 15) is 0 Å². The van der Waals surface area contributed by atoms with Gasteiger partial charge in [-0.15, -0.1) is 0 Å². The van der Waals surface area contributed by atoms with Gasteiger partial charge in [0.1, 0.15) is 5.84 Å². The van der Waals surface area contributed by atoms with Crippen LogP contribution in [0.2, 0.25) is 0 Å². The molecule has 1 aliphatic rings. The highest BCUT2D eigenvalue weighted by atomic mass is 15.1. The number of aryl methyl sites for hydroxylation is 3. The number of benzene rings is 1. The predicted octanol–water partition coefficient (Wildman–Crippen LogP) is 1.96. The normalized spacial score (nSPS) is 15.2. The van der Waals surface area contributed by atoms with Crippen LogP contribution in [0, 0.1) is 20.8 Å². The van der Waals surface area contributed by atoms with E-state index in [0.717, 1.165) is 18.9 Å². The van der Waals surface area contributed by atoms with E-state index in [2.05, 4.69) is 43.2 Å². The van der Waals surface area contributed by atoms with Crippen molar-refractivity contribution in [3.05, 3.63) is 34.4 Å². The quantitative estimate of drug-likeness (QED) is 0.716. The molecule has 0 fully saturated rings. The first-order chi connectivity index (χ1) is 6.68. The van der Waals surface area contributed by atoms with E-state index in [-0.39, 0.29) is 0 Å². The Morgan fingerprint density at radius 1 is 1.07 bits per heavy atom. The number of hydrogen-bond donors (Lipinski definition) is 1. The van der Waals surface area contributed by atoms with Gasteiger partial charge in [0, 0.05) is 12.1 Å². The van der Waals surface area contributed by atoms with Crippen molar-refractivity contribution < 1.29 is 0 Å². The Labute approximate surface area is 85.1 Å². The van der Waals surface area contributed by atoms with Crippen molar-refractivity contribution in [3.8, 4) is 0 Å². The van der Waals surface area contributed by atoms with Crippen LogP contribution in [-0.2, 0) is 0 Å². The molecule has 0 saturated carbocycles. The third-order valence-electron chi connectivity index (χ3n) is 2.77. The second-order valence-corrected chi connectivity index (χ2v) is 3.91. The maximum atomic E-state index is 4.44. The molecule has 1 aliphatic heterocycles. The number of nitrogens with one attached hydrogen (secondary N) is 1. The Morgan fingerprint density at radius 2 is 1.79 bits per heavy atom. The molecule has 0 amide bonds. The lowest BCUT2D eigenvalue weighted by atomic mass is 10.0. The molecule has 0 aromatic heterocycles. The molecule has 74 valence electrons. The van der Waals surface area contributed by atoms with Crippen molar-refractivity contribution in [3.63, 3.8) is 0 Å². The number of rotatable bonds is 1. The Bertz CT molecular complexity index is 392. The average Bonchev–Trinajstić information content (AvgIpc) is 2.64. The Kier molecular flexibility index (Phi) is 2.28. The summed E-state index contributed by atoms with van der Waals surface area (Å²) in [4.78, 5) is 4.44. The Balaban J connectivity index is 2.47. The standard InChI is InChI=1S/C12H16N2/c1-8-6-10(3)11(7-9(8)2)12-13-4-5-14-12/h6-7H,4-5H2,1-3H3,(H,13,14). The smallest absolute Gasteiger partial charge is 0.128 e. The highest BCUT2D eigenvalue weighted by Crippen LogP contribution is 2.16. The first-order valence-electron chi connectivity index (χ1n) is 5.05. The van der Waals surface area contributed by atoms with Crippen LogP contribution in [0.4, 0.5) is 0 Å². The largest absolute Gasteiger partial charge is 0.368 e. The fourth-order valence-corrected chi connectivity index (χ4v) is 1.79. The zero-order valence-electron chi connectivity index (χ0n) is 9.02. The number of aliphatic imine (C=N–C) groups is 1. The van der Waals surface area contributed by atoms with Crippen LogP contribution in [-0.4, -0.2) is 18.9 Å². The minimum atomic E-state index is 0.904. The molecule has 1 aromatic rings. The molecule has 2 nitrogen and oxygen atoms in total. The summed E-state index contributed by atoms with van der Waals surface area (Å²) >= 11 is 0. The van der Waals surface area contributed by atoms with E-state index in [0.29, 0.717) is 0 Å². The summed E-state index contributed by atoms with van der Waals surface area (Å²) in [5, 5.41) is 3.31. The van der Waals surface area contributed by atoms with E-state index in [1.165, 1.54) is 22.3 Å². The summed E-state index contributed by atoms with van der Waals surface area (Å²) in [7, 11) is 0. The molecule has 0 aliphatic carbocycles. The number of hydrogen-bond acceptors (Lipinski definition) is 2. The van der Waals surface area contributed by atoms with E-state index < -0.39 is 0 Å². The van der Waals surface area contributed by atoms with Gasteiger partial charge in [-0.25, -0.2) is 0 Å². The second-order valence-electron chi connectivity index (χ2n) is 3.91. The molecule has 0 bridgehead atoms. The van der Waals surface area contributed by atoms with Crippen LogP contribution < -0.4 is 5.32 Å². The van der Waals surface area contributed by atoms with Crippen LogP contribution in [0.15, 0.2) is 17.1 Å². The van der Waals surface area contributed by atoms with E-state index in [1.54, 1.807) is 0 Å². The highest BCUT2D eigenvalue weighted by molar-refractivity contribution is 6.01. The van der Waals surface area contributed by atoms with Gasteiger partial charge < -0.3 is 5.32 Å². The molecule has 1 aromatic carbocycles. The second kappa shape index (κ2) is 3.45. The van der Waals surface area contributed by atoms with Crippen LogP contribution in [0.3, 0.4) is 0 Å². The van der Waals surface area contributed by atoms with Gasteiger partial charge in [-0.05, 0) is 43.5 Å². The van der Waals surface area contributed by atoms with Crippen LogP contribution in [0.1, 0.15) is 22.3 Å². The Morgan fingerprint density at radius 3 is 2.43 bits per heavy atom. The van der Waals surface area contributed by atoms with Crippen molar-refractivity contribution in [2.45, 2.75) is 20.8 Å². The summed E-state index contributed by atoms with van der Waals surface area (Å²) in [6, 6.07) is 4.45. The lowest BCUT2D eigenvalue weighted by Crippen LogP contribution is -2.20. The van der Waals surface area contributed by atoms with Crippen molar-refractivity contribution in [1.82, 2.24) is 5.32 Å². The Hall–Kier alpha value is -1.31. The van der Waals surface area contributed by atoms with Gasteiger partial charge in [-0.1, -0.05) is 6.07 Å². The molecule has 14 heavy (non-hydrogen) atoms. The van der Waals surface area contributed by atoms with Crippen molar-refractivity contribution >= 4 is 5.84 Å². The van der Waals surface area contributed by atoms with Gasteiger partial charge in [0.2, 0.25) is 0 Å². The molecule has 0 spiro atoms. The topological polar surface area (TPSA) is 24.4 Å².